The Labute approximate surface area is 194 Å². The Bertz CT molecular complexity index is 1470. The molecule has 0 radical (unpaired) electrons. The van der Waals surface area contributed by atoms with Crippen LogP contribution >= 0.6 is 0 Å². The number of nitrogens with one attached hydrogen (secondary N) is 2. The molecule has 2 saturated heterocycles. The lowest BCUT2D eigenvalue weighted by Crippen LogP contribution is -2.64. The molecule has 34 heavy (non-hydrogen) atoms. The van der Waals surface area contributed by atoms with Crippen molar-refractivity contribution in [2.24, 2.45) is 0 Å². The second-order valence-corrected chi connectivity index (χ2v) is 10.5. The summed E-state index contributed by atoms with van der Waals surface area (Å²) in [7, 11) is -3.39. The molecule has 2 aliphatic rings. The van der Waals surface area contributed by atoms with E-state index in [1.54, 1.807) is 24.5 Å². The predicted octanol–water partition coefficient (Wildman–Crippen LogP) is 0.300. The van der Waals surface area contributed by atoms with Gasteiger partial charge >= 0.3 is 6.03 Å². The quantitative estimate of drug-likeness (QED) is 0.527. The number of carbonyl (C=O) groups excluding carboxylic acids is 2. The Morgan fingerprint density at radius 2 is 2.09 bits per heavy atom. The summed E-state index contributed by atoms with van der Waals surface area (Å²) < 4.78 is 25.0. The Hall–Kier alpha value is -3.89. The molecule has 0 bridgehead atoms. The van der Waals surface area contributed by atoms with E-state index >= 15 is 0 Å². The molecule has 0 spiro atoms. The molecule has 3 aromatic rings. The normalized spacial score (nSPS) is 20.3. The van der Waals surface area contributed by atoms with Gasteiger partial charge in [-0.3, -0.25) is 15.1 Å². The first-order valence-corrected chi connectivity index (χ1v) is 12.3. The van der Waals surface area contributed by atoms with E-state index in [0.29, 0.717) is 22.3 Å². The number of pyridine rings is 1. The summed E-state index contributed by atoms with van der Waals surface area (Å²) in [6.07, 6.45) is 4.37. The second kappa shape index (κ2) is 7.86. The molecule has 3 amide bonds. The summed E-state index contributed by atoms with van der Waals surface area (Å²) in [6.45, 7) is 0.372. The maximum atomic E-state index is 12.4. The van der Waals surface area contributed by atoms with Gasteiger partial charge in [0.2, 0.25) is 15.9 Å². The minimum absolute atomic E-state index is 0.0530. The number of nitrogens with zero attached hydrogens (tertiary/aromatic N) is 6. The highest BCUT2D eigenvalue weighted by Gasteiger charge is 2.50. The van der Waals surface area contributed by atoms with Crippen LogP contribution in [0.4, 0.5) is 4.79 Å². The first kappa shape index (κ1) is 21.9. The highest BCUT2D eigenvalue weighted by Crippen LogP contribution is 2.35. The summed E-state index contributed by atoms with van der Waals surface area (Å²) in [4.78, 5) is 29.8. The first-order chi connectivity index (χ1) is 16.2. The molecule has 5 rings (SSSR count). The van der Waals surface area contributed by atoms with Gasteiger partial charge in [0.1, 0.15) is 11.2 Å². The lowest BCUT2D eigenvalue weighted by Gasteiger charge is -2.46. The number of rotatable bonds is 5. The van der Waals surface area contributed by atoms with Crippen molar-refractivity contribution in [2.75, 3.05) is 25.9 Å². The molecule has 174 valence electrons. The number of fused-ring (bicyclic) bond motifs is 1. The molecule has 12 nitrogen and oxygen atoms in total. The number of sulfonamides is 1. The molecule has 0 aliphatic carbocycles. The summed E-state index contributed by atoms with van der Waals surface area (Å²) in [5.41, 5.74) is 1.63. The van der Waals surface area contributed by atoms with Crippen molar-refractivity contribution in [3.8, 4) is 17.3 Å². The van der Waals surface area contributed by atoms with Gasteiger partial charge in [-0.15, -0.1) is 0 Å². The maximum Gasteiger partial charge on any atom is 0.321 e. The van der Waals surface area contributed by atoms with E-state index in [1.807, 2.05) is 12.1 Å². The second-order valence-electron chi connectivity index (χ2n) is 8.50. The number of amides is 3. The smallest absolute Gasteiger partial charge is 0.321 e. The summed E-state index contributed by atoms with van der Waals surface area (Å²) in [5, 5.41) is 24.0. The van der Waals surface area contributed by atoms with E-state index in [4.69, 9.17) is 0 Å². The van der Waals surface area contributed by atoms with Gasteiger partial charge in [-0.1, -0.05) is 6.07 Å². The van der Waals surface area contributed by atoms with Crippen LogP contribution < -0.4 is 10.6 Å². The zero-order valence-electron chi connectivity index (χ0n) is 18.1. The first-order valence-electron chi connectivity index (χ1n) is 10.4. The zero-order valence-corrected chi connectivity index (χ0v) is 18.9. The molecular formula is C21H20N8O4S. The average molecular weight is 481 g/mol. The van der Waals surface area contributed by atoms with Gasteiger partial charge < -0.3 is 5.32 Å². The van der Waals surface area contributed by atoms with Gasteiger partial charge in [-0.05, 0) is 23.8 Å². The number of benzene rings is 1. The third-order valence-electron chi connectivity index (χ3n) is 6.18. The fraction of sp³-hybridized carbons (Fsp3) is 0.333. The largest absolute Gasteiger partial charge is 0.337 e. The van der Waals surface area contributed by atoms with Crippen LogP contribution in [0.5, 0.6) is 0 Å². The highest BCUT2D eigenvalue weighted by molar-refractivity contribution is 7.88. The SMILES string of the molecule is CS(=O)(=O)N1CC(CC#N)(n2ncc(-c3cc(C4CNC(=O)NC4=O)cc4ncccc34)n2)C1. The van der Waals surface area contributed by atoms with Crippen molar-refractivity contribution < 1.29 is 18.0 Å². The van der Waals surface area contributed by atoms with Crippen molar-refractivity contribution in [3.05, 3.63) is 42.2 Å². The van der Waals surface area contributed by atoms with Crippen molar-refractivity contribution in [2.45, 2.75) is 17.9 Å². The number of carbonyl (C=O) groups is 2. The number of nitriles is 1. The molecule has 1 unspecified atom stereocenters. The summed E-state index contributed by atoms with van der Waals surface area (Å²) in [5.74, 6) is -1.00. The minimum Gasteiger partial charge on any atom is -0.337 e. The van der Waals surface area contributed by atoms with Crippen molar-refractivity contribution in [1.82, 2.24) is 34.9 Å². The van der Waals surface area contributed by atoms with Gasteiger partial charge in [0.15, 0.2) is 0 Å². The van der Waals surface area contributed by atoms with Gasteiger partial charge in [-0.2, -0.15) is 24.6 Å². The number of hydrogen-bond acceptors (Lipinski definition) is 8. The minimum atomic E-state index is -3.39. The van der Waals surface area contributed by atoms with Crippen LogP contribution in [0.2, 0.25) is 0 Å². The fourth-order valence-corrected chi connectivity index (χ4v) is 5.28. The molecule has 0 saturated carbocycles. The van der Waals surface area contributed by atoms with Crippen LogP contribution in [0.15, 0.2) is 36.7 Å². The number of urea groups is 1. The summed E-state index contributed by atoms with van der Waals surface area (Å²) >= 11 is 0. The van der Waals surface area contributed by atoms with E-state index in [1.165, 1.54) is 9.10 Å². The van der Waals surface area contributed by atoms with Gasteiger partial charge in [0, 0.05) is 36.8 Å². The van der Waals surface area contributed by atoms with Crippen LogP contribution in [-0.2, 0) is 20.4 Å². The molecule has 1 aromatic carbocycles. The lowest BCUT2D eigenvalue weighted by atomic mass is 9.90. The van der Waals surface area contributed by atoms with E-state index in [2.05, 4.69) is 31.9 Å². The van der Waals surface area contributed by atoms with Crippen molar-refractivity contribution in [3.63, 3.8) is 0 Å². The maximum absolute atomic E-state index is 12.4. The van der Waals surface area contributed by atoms with Gasteiger partial charge in [0.25, 0.3) is 0 Å². The third kappa shape index (κ3) is 3.66. The monoisotopic (exact) mass is 480 g/mol. The third-order valence-corrected chi connectivity index (χ3v) is 7.37. The van der Waals surface area contributed by atoms with Crippen LogP contribution in [0, 0.1) is 11.3 Å². The van der Waals surface area contributed by atoms with Gasteiger partial charge in [-0.25, -0.2) is 13.2 Å². The zero-order chi connectivity index (χ0) is 24.1. The van der Waals surface area contributed by atoms with Crippen LogP contribution in [0.1, 0.15) is 17.9 Å². The Morgan fingerprint density at radius 3 is 2.79 bits per heavy atom. The number of hydrogen-bond donors (Lipinski definition) is 2. The van der Waals surface area contributed by atoms with E-state index in [0.717, 1.165) is 11.6 Å². The topological polar surface area (TPSA) is 163 Å². The molecule has 13 heteroatoms. The van der Waals surface area contributed by atoms with E-state index in [9.17, 15) is 23.3 Å². The van der Waals surface area contributed by atoms with Crippen LogP contribution in [0.3, 0.4) is 0 Å². The Kier molecular flexibility index (Phi) is 5.07. The average Bonchev–Trinajstić information content (AvgIpc) is 3.24. The molecule has 1 atom stereocenters. The fourth-order valence-electron chi connectivity index (χ4n) is 4.33. The van der Waals surface area contributed by atoms with Gasteiger partial charge in [0.05, 0.1) is 36.4 Å². The van der Waals surface area contributed by atoms with Crippen LogP contribution in [-0.4, -0.2) is 70.5 Å². The standard InChI is InChI=1S/C21H20N8O4S/c1-34(32,33)28-11-21(12-28,4-5-22)29-25-10-18(27-29)15-7-13(8-17-14(15)3-2-6-23-17)16-9-24-20(31)26-19(16)30/h2-3,6-8,10,16H,4,9,11-12H2,1H3,(H2,24,26,30,31). The molecule has 4 heterocycles. The van der Waals surface area contributed by atoms with Crippen LogP contribution in [0.25, 0.3) is 22.2 Å². The molecular weight excluding hydrogens is 460 g/mol. The molecule has 2 aliphatic heterocycles. The van der Waals surface area contributed by atoms with E-state index < -0.39 is 33.4 Å². The van der Waals surface area contributed by atoms with E-state index in [-0.39, 0.29) is 26.1 Å². The predicted molar refractivity (Wildman–Crippen MR) is 120 cm³/mol. The number of aromatic nitrogens is 4. The summed E-state index contributed by atoms with van der Waals surface area (Å²) in [6, 6.07) is 8.87. The van der Waals surface area contributed by atoms with Crippen molar-refractivity contribution in [1.29, 1.82) is 5.26 Å². The Morgan fingerprint density at radius 1 is 1.29 bits per heavy atom. The Balaban J connectivity index is 1.56. The molecule has 2 fully saturated rings. The lowest BCUT2D eigenvalue weighted by molar-refractivity contribution is -0.122. The molecule has 2 aromatic heterocycles. The van der Waals surface area contributed by atoms with Crippen molar-refractivity contribution >= 4 is 32.9 Å². The highest BCUT2D eigenvalue weighted by atomic mass is 32.2. The molecule has 2 N–H and O–H groups in total. The number of imide groups is 1.